The molecule has 1 amide bonds. The van der Waals surface area contributed by atoms with Crippen molar-refractivity contribution in [1.29, 1.82) is 0 Å². The maximum atomic E-state index is 13.1. The molecule has 0 aliphatic rings. The zero-order valence-electron chi connectivity index (χ0n) is 15.4. The molecule has 0 aliphatic carbocycles. The van der Waals surface area contributed by atoms with Crippen LogP contribution in [-0.2, 0) is 0 Å². The predicted octanol–water partition coefficient (Wildman–Crippen LogP) is 4.86. The zero-order chi connectivity index (χ0) is 20.4. The summed E-state index contributed by atoms with van der Waals surface area (Å²) in [7, 11) is 1.55. The fourth-order valence-electron chi connectivity index (χ4n) is 2.94. The number of carbonyl (C=O) groups excluding carboxylic acids is 1. The van der Waals surface area contributed by atoms with Crippen LogP contribution in [0.5, 0.6) is 5.75 Å². The summed E-state index contributed by atoms with van der Waals surface area (Å²) in [6.45, 7) is 0. The third kappa shape index (κ3) is 3.87. The van der Waals surface area contributed by atoms with E-state index >= 15 is 0 Å². The molecule has 0 spiro atoms. The summed E-state index contributed by atoms with van der Waals surface area (Å²) in [5.41, 5.74) is 1.65. The zero-order valence-corrected chi connectivity index (χ0v) is 15.4. The van der Waals surface area contributed by atoms with Crippen molar-refractivity contribution >= 4 is 22.6 Å². The van der Waals surface area contributed by atoms with Crippen LogP contribution < -0.4 is 15.5 Å². The van der Waals surface area contributed by atoms with E-state index in [1.165, 1.54) is 18.2 Å². The van der Waals surface area contributed by atoms with E-state index in [0.29, 0.717) is 39.3 Å². The van der Waals surface area contributed by atoms with Gasteiger partial charge in [0.25, 0.3) is 5.91 Å². The second kappa shape index (κ2) is 7.59. The Balaban J connectivity index is 1.63. The van der Waals surface area contributed by atoms with Crippen LogP contribution in [0.3, 0.4) is 0 Å². The van der Waals surface area contributed by atoms with Gasteiger partial charge in [-0.05, 0) is 66.7 Å². The summed E-state index contributed by atoms with van der Waals surface area (Å²) in [6.07, 6.45) is 0. The molecule has 1 aromatic heterocycles. The number of nitrogens with one attached hydrogen (secondary N) is 1. The average Bonchev–Trinajstić information content (AvgIpc) is 2.74. The van der Waals surface area contributed by atoms with Crippen LogP contribution in [0.15, 0.2) is 82.0 Å². The van der Waals surface area contributed by atoms with Gasteiger partial charge in [-0.3, -0.25) is 9.59 Å². The van der Waals surface area contributed by atoms with Crippen molar-refractivity contribution in [3.63, 3.8) is 0 Å². The van der Waals surface area contributed by atoms with Crippen molar-refractivity contribution < 1.29 is 18.3 Å². The highest BCUT2D eigenvalue weighted by Crippen LogP contribution is 2.24. The Morgan fingerprint density at radius 3 is 2.38 bits per heavy atom. The average molecular weight is 389 g/mol. The molecule has 0 saturated carbocycles. The lowest BCUT2D eigenvalue weighted by molar-refractivity contribution is 0.102. The number of anilines is 1. The minimum Gasteiger partial charge on any atom is -0.497 e. The van der Waals surface area contributed by atoms with E-state index in [9.17, 15) is 14.0 Å². The lowest BCUT2D eigenvalue weighted by atomic mass is 10.1. The molecule has 0 aliphatic heterocycles. The Labute approximate surface area is 165 Å². The second-order valence-corrected chi connectivity index (χ2v) is 6.38. The van der Waals surface area contributed by atoms with Gasteiger partial charge in [-0.25, -0.2) is 4.39 Å². The summed E-state index contributed by atoms with van der Waals surface area (Å²) in [6, 6.07) is 18.6. The number of rotatable bonds is 4. The van der Waals surface area contributed by atoms with E-state index in [4.69, 9.17) is 9.15 Å². The molecular weight excluding hydrogens is 373 g/mol. The summed E-state index contributed by atoms with van der Waals surface area (Å²) >= 11 is 0. The van der Waals surface area contributed by atoms with Gasteiger partial charge in [0.1, 0.15) is 22.9 Å². The fourth-order valence-corrected chi connectivity index (χ4v) is 2.94. The SMILES string of the molecule is COc1ccc(C(=O)Nc2ccc3oc(-c4ccc(F)cc4)cc(=O)c3c2)cc1. The molecule has 4 aromatic rings. The van der Waals surface area contributed by atoms with Crippen LogP contribution in [0.4, 0.5) is 10.1 Å². The number of amides is 1. The fraction of sp³-hybridized carbons (Fsp3) is 0.0435. The molecule has 1 N–H and O–H groups in total. The van der Waals surface area contributed by atoms with Gasteiger partial charge in [0.05, 0.1) is 12.5 Å². The largest absolute Gasteiger partial charge is 0.497 e. The first-order chi connectivity index (χ1) is 14.0. The van der Waals surface area contributed by atoms with E-state index in [1.807, 2.05) is 0 Å². The number of benzene rings is 3. The molecule has 4 rings (SSSR count). The molecule has 29 heavy (non-hydrogen) atoms. The second-order valence-electron chi connectivity index (χ2n) is 6.38. The quantitative estimate of drug-likeness (QED) is 0.541. The van der Waals surface area contributed by atoms with Gasteiger partial charge in [-0.2, -0.15) is 0 Å². The highest BCUT2D eigenvalue weighted by atomic mass is 19.1. The van der Waals surface area contributed by atoms with E-state index in [-0.39, 0.29) is 17.2 Å². The van der Waals surface area contributed by atoms with Crippen LogP contribution in [0.25, 0.3) is 22.3 Å². The molecule has 0 unspecified atom stereocenters. The normalized spacial score (nSPS) is 10.7. The van der Waals surface area contributed by atoms with Crippen LogP contribution in [0.1, 0.15) is 10.4 Å². The molecule has 0 saturated heterocycles. The minimum absolute atomic E-state index is 0.258. The van der Waals surface area contributed by atoms with Crippen molar-refractivity contribution in [3.8, 4) is 17.1 Å². The smallest absolute Gasteiger partial charge is 0.255 e. The molecule has 0 radical (unpaired) electrons. The van der Waals surface area contributed by atoms with Crippen LogP contribution in [-0.4, -0.2) is 13.0 Å². The summed E-state index contributed by atoms with van der Waals surface area (Å²) < 4.78 is 24.0. The van der Waals surface area contributed by atoms with Crippen LogP contribution in [0.2, 0.25) is 0 Å². The number of hydrogen-bond acceptors (Lipinski definition) is 4. The van der Waals surface area contributed by atoms with E-state index in [0.717, 1.165) is 0 Å². The van der Waals surface area contributed by atoms with Gasteiger partial charge in [0.15, 0.2) is 5.43 Å². The third-order valence-electron chi connectivity index (χ3n) is 4.47. The monoisotopic (exact) mass is 389 g/mol. The first-order valence-corrected chi connectivity index (χ1v) is 8.83. The van der Waals surface area contributed by atoms with E-state index in [2.05, 4.69) is 5.32 Å². The topological polar surface area (TPSA) is 68.5 Å². The molecule has 0 atom stereocenters. The first-order valence-electron chi connectivity index (χ1n) is 8.83. The van der Waals surface area contributed by atoms with Crippen molar-refractivity contribution in [3.05, 3.63) is 94.4 Å². The summed E-state index contributed by atoms with van der Waals surface area (Å²) in [5.74, 6) is 0.327. The molecule has 144 valence electrons. The van der Waals surface area contributed by atoms with Gasteiger partial charge in [-0.1, -0.05) is 0 Å². The molecule has 5 nitrogen and oxygen atoms in total. The Kier molecular flexibility index (Phi) is 4.83. The van der Waals surface area contributed by atoms with Crippen LogP contribution >= 0.6 is 0 Å². The van der Waals surface area contributed by atoms with Gasteiger partial charge in [-0.15, -0.1) is 0 Å². The molecule has 0 fully saturated rings. The van der Waals surface area contributed by atoms with Crippen molar-refractivity contribution in [2.75, 3.05) is 12.4 Å². The molecule has 3 aromatic carbocycles. The minimum atomic E-state index is -0.367. The van der Waals surface area contributed by atoms with Gasteiger partial charge < -0.3 is 14.5 Å². The number of hydrogen-bond donors (Lipinski definition) is 1. The molecule has 6 heteroatoms. The molecular formula is C23H16FNO4. The number of carbonyl (C=O) groups is 1. The Morgan fingerprint density at radius 2 is 1.69 bits per heavy atom. The summed E-state index contributed by atoms with van der Waals surface area (Å²) in [4.78, 5) is 25.0. The molecule has 0 bridgehead atoms. The Bertz CT molecular complexity index is 1240. The first kappa shape index (κ1) is 18.4. The van der Waals surface area contributed by atoms with E-state index < -0.39 is 0 Å². The van der Waals surface area contributed by atoms with Crippen LogP contribution in [0, 0.1) is 5.82 Å². The Morgan fingerprint density at radius 1 is 0.966 bits per heavy atom. The molecule has 1 heterocycles. The van der Waals surface area contributed by atoms with Gasteiger partial charge in [0.2, 0.25) is 0 Å². The maximum Gasteiger partial charge on any atom is 0.255 e. The van der Waals surface area contributed by atoms with Crippen molar-refractivity contribution in [2.45, 2.75) is 0 Å². The maximum absolute atomic E-state index is 13.1. The number of fused-ring (bicyclic) bond motifs is 1. The van der Waals surface area contributed by atoms with Gasteiger partial charge >= 0.3 is 0 Å². The number of ether oxygens (including phenoxy) is 1. The van der Waals surface area contributed by atoms with Crippen molar-refractivity contribution in [1.82, 2.24) is 0 Å². The highest BCUT2D eigenvalue weighted by molar-refractivity contribution is 6.05. The number of halogens is 1. The Hall–Kier alpha value is -3.93. The summed E-state index contributed by atoms with van der Waals surface area (Å²) in [5, 5.41) is 3.10. The highest BCUT2D eigenvalue weighted by Gasteiger charge is 2.11. The predicted molar refractivity (Wildman–Crippen MR) is 109 cm³/mol. The number of methoxy groups -OCH3 is 1. The standard InChI is InChI=1S/C23H16FNO4/c1-28-18-9-4-15(5-10-18)23(27)25-17-8-11-21-19(12-17)20(26)13-22(29-21)14-2-6-16(24)7-3-14/h2-13H,1H3,(H,25,27). The lowest BCUT2D eigenvalue weighted by Crippen LogP contribution is -2.12. The lowest BCUT2D eigenvalue weighted by Gasteiger charge is -2.08. The van der Waals surface area contributed by atoms with E-state index in [1.54, 1.807) is 61.7 Å². The van der Waals surface area contributed by atoms with Crippen molar-refractivity contribution in [2.24, 2.45) is 0 Å². The third-order valence-corrected chi connectivity index (χ3v) is 4.47. The van der Waals surface area contributed by atoms with Gasteiger partial charge in [0, 0.05) is 22.9 Å².